The molecule has 2 aromatic rings. The number of primary amides is 1. The van der Waals surface area contributed by atoms with Gasteiger partial charge in [0.2, 0.25) is 5.91 Å². The van der Waals surface area contributed by atoms with Gasteiger partial charge in [0.25, 0.3) is 0 Å². The van der Waals surface area contributed by atoms with Gasteiger partial charge in [0, 0.05) is 11.5 Å². The summed E-state index contributed by atoms with van der Waals surface area (Å²) in [5, 5.41) is 1.15. The minimum absolute atomic E-state index is 0.270. The van der Waals surface area contributed by atoms with Crippen LogP contribution in [0.15, 0.2) is 36.4 Å². The van der Waals surface area contributed by atoms with Crippen molar-refractivity contribution in [1.82, 2.24) is 0 Å². The fourth-order valence-electron chi connectivity index (χ4n) is 3.79. The predicted octanol–water partition coefficient (Wildman–Crippen LogP) is 5.76. The highest BCUT2D eigenvalue weighted by Gasteiger charge is 2.30. The summed E-state index contributed by atoms with van der Waals surface area (Å²) >= 11 is 12.3. The number of rotatable bonds is 3. The molecule has 0 spiro atoms. The van der Waals surface area contributed by atoms with Gasteiger partial charge in [0.05, 0.1) is 10.0 Å². The number of fused-ring (bicyclic) bond motifs is 1. The van der Waals surface area contributed by atoms with Gasteiger partial charge < -0.3 is 5.73 Å². The fourth-order valence-corrected chi connectivity index (χ4v) is 4.10. The minimum atomic E-state index is -0.378. The normalized spacial score (nSPS) is 20.0. The first-order valence-corrected chi connectivity index (χ1v) is 9.02. The van der Waals surface area contributed by atoms with Crippen LogP contribution in [0.5, 0.6) is 0 Å². The van der Waals surface area contributed by atoms with Crippen LogP contribution in [0, 0.1) is 5.92 Å². The number of nitrogens with two attached hydrogens (primary N) is 1. The topological polar surface area (TPSA) is 43.1 Å². The van der Waals surface area contributed by atoms with E-state index in [1.807, 2.05) is 30.3 Å². The van der Waals surface area contributed by atoms with Gasteiger partial charge in [-0.1, -0.05) is 49.2 Å². The zero-order chi connectivity index (χ0) is 17.4. The molecule has 1 unspecified atom stereocenters. The number of amides is 1. The molecule has 0 bridgehead atoms. The molecule has 2 aromatic carbocycles. The summed E-state index contributed by atoms with van der Waals surface area (Å²) in [5.41, 5.74) is 9.73. The molecule has 1 aliphatic carbocycles. The Morgan fingerprint density at radius 3 is 2.42 bits per heavy atom. The molecule has 2 N–H and O–H groups in total. The highest BCUT2D eigenvalue weighted by molar-refractivity contribution is 6.42. The van der Waals surface area contributed by atoms with Crippen molar-refractivity contribution in [2.45, 2.75) is 38.5 Å². The molecule has 0 radical (unpaired) electrons. The lowest BCUT2D eigenvalue weighted by molar-refractivity contribution is 0.1000. The van der Waals surface area contributed by atoms with Gasteiger partial charge in [-0.3, -0.25) is 4.79 Å². The van der Waals surface area contributed by atoms with Crippen LogP contribution >= 0.6 is 23.2 Å². The number of carbonyl (C=O) groups excluding carboxylic acids is 1. The van der Waals surface area contributed by atoms with Gasteiger partial charge in [0.15, 0.2) is 0 Å². The van der Waals surface area contributed by atoms with Crippen molar-refractivity contribution >= 4 is 29.1 Å². The Labute approximate surface area is 153 Å². The standard InChI is InChI=1S/C20H21Cl2NO/c1-11(2)14-6-7-15(12-4-8-18(21)19(22)10-12)16-5-3-13(20(23)24)9-17(14)16/h3-5,8-11,14-15H,6-7H2,1-2H3,(H2,23,24)/t14?,15-/m0/s1. The lowest BCUT2D eigenvalue weighted by Gasteiger charge is -2.34. The largest absolute Gasteiger partial charge is 0.366 e. The highest BCUT2D eigenvalue weighted by atomic mass is 35.5. The minimum Gasteiger partial charge on any atom is -0.366 e. The Kier molecular flexibility index (Phi) is 4.89. The molecular weight excluding hydrogens is 341 g/mol. The quantitative estimate of drug-likeness (QED) is 0.741. The van der Waals surface area contributed by atoms with Crippen LogP contribution in [-0.2, 0) is 0 Å². The van der Waals surface area contributed by atoms with Crippen LogP contribution in [0.3, 0.4) is 0 Å². The van der Waals surface area contributed by atoms with Crippen molar-refractivity contribution in [3.8, 4) is 0 Å². The van der Waals surface area contributed by atoms with E-state index in [0.29, 0.717) is 27.4 Å². The van der Waals surface area contributed by atoms with E-state index >= 15 is 0 Å². The Morgan fingerprint density at radius 1 is 1.04 bits per heavy atom. The van der Waals surface area contributed by atoms with Gasteiger partial charge in [-0.2, -0.15) is 0 Å². The van der Waals surface area contributed by atoms with Gasteiger partial charge in [-0.25, -0.2) is 0 Å². The molecule has 0 aromatic heterocycles. The lowest BCUT2D eigenvalue weighted by atomic mass is 9.70. The van der Waals surface area contributed by atoms with Crippen molar-refractivity contribution in [1.29, 1.82) is 0 Å². The second kappa shape index (κ2) is 6.78. The summed E-state index contributed by atoms with van der Waals surface area (Å²) in [7, 11) is 0. The second-order valence-corrected chi connectivity index (χ2v) is 7.68. The molecule has 0 saturated carbocycles. The molecule has 2 atom stereocenters. The number of hydrogen-bond donors (Lipinski definition) is 1. The van der Waals surface area contributed by atoms with Crippen LogP contribution in [-0.4, -0.2) is 5.91 Å². The van der Waals surface area contributed by atoms with Crippen LogP contribution in [0.1, 0.15) is 65.6 Å². The van der Waals surface area contributed by atoms with Crippen LogP contribution in [0.25, 0.3) is 0 Å². The smallest absolute Gasteiger partial charge is 0.248 e. The molecule has 24 heavy (non-hydrogen) atoms. The second-order valence-electron chi connectivity index (χ2n) is 6.86. The lowest BCUT2D eigenvalue weighted by Crippen LogP contribution is -2.21. The summed E-state index contributed by atoms with van der Waals surface area (Å²) in [6, 6.07) is 11.7. The van der Waals surface area contributed by atoms with E-state index in [0.717, 1.165) is 12.8 Å². The third kappa shape index (κ3) is 3.18. The highest BCUT2D eigenvalue weighted by Crippen LogP contribution is 2.46. The Bertz CT molecular complexity index is 785. The SMILES string of the molecule is CC(C)C1CC[C@@H](c2ccc(Cl)c(Cl)c2)c2ccc(C(N)=O)cc21. The van der Waals surface area contributed by atoms with E-state index < -0.39 is 0 Å². The maximum atomic E-state index is 11.6. The molecule has 0 fully saturated rings. The van der Waals surface area contributed by atoms with E-state index in [1.165, 1.54) is 16.7 Å². The third-order valence-electron chi connectivity index (χ3n) is 5.06. The summed E-state index contributed by atoms with van der Waals surface area (Å²) in [6.45, 7) is 4.45. The Hall–Kier alpha value is -1.51. The summed E-state index contributed by atoms with van der Waals surface area (Å²) in [5.74, 6) is 0.851. The van der Waals surface area contributed by atoms with Crippen molar-refractivity contribution in [2.75, 3.05) is 0 Å². The number of benzene rings is 2. The molecule has 0 heterocycles. The van der Waals surface area contributed by atoms with Gasteiger partial charge in [0.1, 0.15) is 0 Å². The van der Waals surface area contributed by atoms with E-state index in [4.69, 9.17) is 28.9 Å². The van der Waals surface area contributed by atoms with Crippen molar-refractivity contribution in [3.05, 3.63) is 68.7 Å². The molecular formula is C20H21Cl2NO. The number of halogens is 2. The molecule has 1 amide bonds. The zero-order valence-electron chi connectivity index (χ0n) is 13.9. The fraction of sp³-hybridized carbons (Fsp3) is 0.350. The van der Waals surface area contributed by atoms with Gasteiger partial charge in [-0.05, 0) is 65.6 Å². The maximum absolute atomic E-state index is 11.6. The number of carbonyl (C=O) groups is 1. The summed E-state index contributed by atoms with van der Waals surface area (Å²) in [4.78, 5) is 11.6. The van der Waals surface area contributed by atoms with Gasteiger partial charge >= 0.3 is 0 Å². The molecule has 3 rings (SSSR count). The maximum Gasteiger partial charge on any atom is 0.248 e. The van der Waals surface area contributed by atoms with Crippen LogP contribution in [0.4, 0.5) is 0 Å². The Balaban J connectivity index is 2.10. The molecule has 1 aliphatic rings. The van der Waals surface area contributed by atoms with Gasteiger partial charge in [-0.15, -0.1) is 0 Å². The predicted molar refractivity (Wildman–Crippen MR) is 100 cm³/mol. The summed E-state index contributed by atoms with van der Waals surface area (Å²) < 4.78 is 0. The van der Waals surface area contributed by atoms with E-state index in [2.05, 4.69) is 19.9 Å². The van der Waals surface area contributed by atoms with E-state index in [1.54, 1.807) is 0 Å². The average molecular weight is 362 g/mol. The molecule has 126 valence electrons. The van der Waals surface area contributed by atoms with E-state index in [-0.39, 0.29) is 11.8 Å². The Morgan fingerprint density at radius 2 is 1.79 bits per heavy atom. The van der Waals surface area contributed by atoms with Crippen LogP contribution < -0.4 is 5.73 Å². The number of hydrogen-bond acceptors (Lipinski definition) is 1. The average Bonchev–Trinajstić information content (AvgIpc) is 2.55. The molecule has 2 nitrogen and oxygen atoms in total. The third-order valence-corrected chi connectivity index (χ3v) is 5.80. The monoisotopic (exact) mass is 361 g/mol. The van der Waals surface area contributed by atoms with E-state index in [9.17, 15) is 4.79 Å². The molecule has 0 saturated heterocycles. The zero-order valence-corrected chi connectivity index (χ0v) is 15.4. The summed E-state index contributed by atoms with van der Waals surface area (Å²) in [6.07, 6.45) is 2.14. The molecule has 0 aliphatic heterocycles. The van der Waals surface area contributed by atoms with Crippen LogP contribution in [0.2, 0.25) is 10.0 Å². The molecule has 4 heteroatoms. The van der Waals surface area contributed by atoms with Crippen molar-refractivity contribution in [2.24, 2.45) is 11.7 Å². The first kappa shape index (κ1) is 17.3. The first-order valence-electron chi connectivity index (χ1n) is 8.27. The van der Waals surface area contributed by atoms with Crippen molar-refractivity contribution in [3.63, 3.8) is 0 Å². The van der Waals surface area contributed by atoms with Crippen molar-refractivity contribution < 1.29 is 4.79 Å². The first-order chi connectivity index (χ1) is 11.4.